The molecule has 0 radical (unpaired) electrons. The van der Waals surface area contributed by atoms with Crippen molar-refractivity contribution in [3.63, 3.8) is 0 Å². The summed E-state index contributed by atoms with van der Waals surface area (Å²) in [4.78, 5) is 0. The lowest BCUT2D eigenvalue weighted by molar-refractivity contribution is -0.697. The van der Waals surface area contributed by atoms with E-state index in [0.29, 0.717) is 13.1 Å². The second kappa shape index (κ2) is 4.90. The minimum absolute atomic E-state index is 0.571. The van der Waals surface area contributed by atoms with Gasteiger partial charge in [0, 0.05) is 17.3 Å². The molecule has 0 amide bonds. The number of rotatable bonds is 4. The van der Waals surface area contributed by atoms with Gasteiger partial charge in [0.2, 0.25) is 0 Å². The molecule has 3 rings (SSSR count). The molecule has 21 heavy (non-hydrogen) atoms. The smallest absolute Gasteiger partial charge is 0.398 e. The van der Waals surface area contributed by atoms with Crippen LogP contribution in [0.4, 0.5) is 5.69 Å². The van der Waals surface area contributed by atoms with Gasteiger partial charge in [-0.05, 0) is 18.2 Å². The first-order chi connectivity index (χ1) is 9.95. The molecule has 3 aromatic rings. The highest BCUT2D eigenvalue weighted by molar-refractivity contribution is 7.84. The van der Waals surface area contributed by atoms with Crippen LogP contribution in [0.25, 0.3) is 10.9 Å². The highest BCUT2D eigenvalue weighted by atomic mass is 32.2. The molecule has 0 spiro atoms. The van der Waals surface area contributed by atoms with Crippen molar-refractivity contribution in [2.75, 3.05) is 5.73 Å². The Morgan fingerprint density at radius 3 is 2.76 bits per heavy atom. The number of benzene rings is 1. The summed E-state index contributed by atoms with van der Waals surface area (Å²) in [7, 11) is -4.22. The summed E-state index contributed by atoms with van der Waals surface area (Å²) in [5.41, 5.74) is 7.68. The van der Waals surface area contributed by atoms with E-state index in [-0.39, 0.29) is 0 Å². The van der Waals surface area contributed by atoms with Gasteiger partial charge in [-0.15, -0.1) is 3.97 Å². The van der Waals surface area contributed by atoms with Gasteiger partial charge < -0.3 is 10.3 Å². The summed E-state index contributed by atoms with van der Waals surface area (Å²) in [6.45, 7) is 1.23. The summed E-state index contributed by atoms with van der Waals surface area (Å²) in [6, 6.07) is 7.70. The van der Waals surface area contributed by atoms with Crippen LogP contribution in [-0.4, -0.2) is 21.5 Å². The first-order valence-corrected chi connectivity index (χ1v) is 7.73. The topological polar surface area (TPSA) is 94.1 Å². The molecule has 1 aromatic carbocycles. The van der Waals surface area contributed by atoms with Gasteiger partial charge in [-0.25, -0.2) is 4.57 Å². The van der Waals surface area contributed by atoms with Crippen LogP contribution in [0.5, 0.6) is 0 Å². The predicted molar refractivity (Wildman–Crippen MR) is 77.9 cm³/mol. The normalized spacial score (nSPS) is 12.0. The standard InChI is InChI=1S/C13H14N4O3S/c14-12-2-1-3-13-11(12)4-5-16(13)8-6-15-7-9-17(10-15)21(18,19)20/h1-5,7,9-10H,6,8,14H2/p+1. The molecule has 7 nitrogen and oxygen atoms in total. The molecule has 8 heteroatoms. The number of anilines is 1. The Balaban J connectivity index is 1.81. The molecular formula is C13H15N4O3S+. The van der Waals surface area contributed by atoms with Gasteiger partial charge in [-0.3, -0.25) is 4.55 Å². The lowest BCUT2D eigenvalue weighted by Crippen LogP contribution is -2.33. The number of nitrogens with two attached hydrogens (primary N) is 1. The third-order valence-corrected chi connectivity index (χ3v) is 4.13. The van der Waals surface area contributed by atoms with Gasteiger partial charge in [-0.2, -0.15) is 8.42 Å². The molecule has 0 atom stereocenters. The third-order valence-electron chi connectivity index (χ3n) is 3.38. The molecule has 0 saturated carbocycles. The maximum absolute atomic E-state index is 11.0. The van der Waals surface area contributed by atoms with Crippen molar-refractivity contribution in [2.45, 2.75) is 13.1 Å². The summed E-state index contributed by atoms with van der Waals surface area (Å²) in [5.74, 6) is 0. The Labute approximate surface area is 121 Å². The number of hydrogen-bond acceptors (Lipinski definition) is 3. The van der Waals surface area contributed by atoms with Gasteiger partial charge in [0.05, 0.1) is 12.1 Å². The average molecular weight is 307 g/mol. The van der Waals surface area contributed by atoms with Crippen molar-refractivity contribution >= 4 is 26.9 Å². The molecule has 0 unspecified atom stereocenters. The van der Waals surface area contributed by atoms with Gasteiger partial charge in [0.25, 0.3) is 6.33 Å². The first kappa shape index (κ1) is 13.7. The van der Waals surface area contributed by atoms with E-state index in [1.807, 2.05) is 35.0 Å². The van der Waals surface area contributed by atoms with E-state index in [2.05, 4.69) is 0 Å². The van der Waals surface area contributed by atoms with E-state index in [4.69, 9.17) is 10.3 Å². The van der Waals surface area contributed by atoms with Crippen LogP contribution in [0.1, 0.15) is 0 Å². The Bertz CT molecular complexity index is 895. The zero-order chi connectivity index (χ0) is 15.0. The maximum Gasteiger partial charge on any atom is 0.439 e. The highest BCUT2D eigenvalue weighted by Gasteiger charge is 2.15. The Kier molecular flexibility index (Phi) is 3.19. The van der Waals surface area contributed by atoms with E-state index >= 15 is 0 Å². The summed E-state index contributed by atoms with van der Waals surface area (Å²) >= 11 is 0. The van der Waals surface area contributed by atoms with E-state index in [9.17, 15) is 8.42 Å². The Morgan fingerprint density at radius 2 is 2.05 bits per heavy atom. The van der Waals surface area contributed by atoms with Gasteiger partial charge in [0.1, 0.15) is 18.9 Å². The molecule has 2 heterocycles. The minimum atomic E-state index is -4.22. The average Bonchev–Trinajstić information content (AvgIpc) is 3.03. The minimum Gasteiger partial charge on any atom is -0.398 e. The van der Waals surface area contributed by atoms with Crippen molar-refractivity contribution in [3.8, 4) is 0 Å². The Hall–Kier alpha value is -2.32. The summed E-state index contributed by atoms with van der Waals surface area (Å²) in [6.07, 6.45) is 6.16. The summed E-state index contributed by atoms with van der Waals surface area (Å²) < 4.78 is 35.4. The predicted octanol–water partition coefficient (Wildman–Crippen LogP) is 0.664. The number of fused-ring (bicyclic) bond motifs is 1. The molecule has 110 valence electrons. The fraction of sp³-hybridized carbons (Fsp3) is 0.154. The van der Waals surface area contributed by atoms with Crippen LogP contribution in [-0.2, 0) is 23.4 Å². The van der Waals surface area contributed by atoms with Crippen LogP contribution < -0.4 is 10.3 Å². The Morgan fingerprint density at radius 1 is 1.24 bits per heavy atom. The first-order valence-electron chi connectivity index (χ1n) is 6.33. The largest absolute Gasteiger partial charge is 0.439 e. The van der Waals surface area contributed by atoms with Crippen LogP contribution in [0, 0.1) is 0 Å². The van der Waals surface area contributed by atoms with Gasteiger partial charge in [-0.1, -0.05) is 6.07 Å². The molecule has 2 aromatic heterocycles. The summed E-state index contributed by atoms with van der Waals surface area (Å²) in [5, 5.41) is 0.998. The molecule has 0 aliphatic carbocycles. The molecule has 0 bridgehead atoms. The third kappa shape index (κ3) is 2.63. The van der Waals surface area contributed by atoms with E-state index in [1.54, 1.807) is 10.8 Å². The highest BCUT2D eigenvalue weighted by Crippen LogP contribution is 2.21. The zero-order valence-electron chi connectivity index (χ0n) is 11.1. The lowest BCUT2D eigenvalue weighted by atomic mass is 10.2. The molecule has 0 aliphatic heterocycles. The van der Waals surface area contributed by atoms with Crippen LogP contribution >= 0.6 is 0 Å². The fourth-order valence-electron chi connectivity index (χ4n) is 2.31. The van der Waals surface area contributed by atoms with Crippen LogP contribution in [0.3, 0.4) is 0 Å². The number of nitrogens with zero attached hydrogens (tertiary/aromatic N) is 3. The van der Waals surface area contributed by atoms with Crippen molar-refractivity contribution in [1.29, 1.82) is 0 Å². The maximum atomic E-state index is 11.0. The van der Waals surface area contributed by atoms with Crippen LogP contribution in [0.15, 0.2) is 49.2 Å². The zero-order valence-corrected chi connectivity index (χ0v) is 11.9. The van der Waals surface area contributed by atoms with E-state index in [1.165, 1.54) is 12.5 Å². The monoisotopic (exact) mass is 307 g/mol. The van der Waals surface area contributed by atoms with Crippen molar-refractivity contribution in [3.05, 3.63) is 49.2 Å². The van der Waals surface area contributed by atoms with Gasteiger partial charge in [0.15, 0.2) is 0 Å². The van der Waals surface area contributed by atoms with Crippen LogP contribution in [0.2, 0.25) is 0 Å². The number of aryl methyl sites for hydroxylation is 2. The second-order valence-corrected chi connectivity index (χ2v) is 6.07. The number of aromatic nitrogens is 3. The number of hydrogen-bond donors (Lipinski definition) is 2. The lowest BCUT2D eigenvalue weighted by Gasteiger charge is -2.04. The van der Waals surface area contributed by atoms with Crippen molar-refractivity contribution in [2.24, 2.45) is 0 Å². The number of nitrogen functional groups attached to an aromatic ring is 1. The molecular weight excluding hydrogens is 292 g/mol. The van der Waals surface area contributed by atoms with Crippen molar-refractivity contribution in [1.82, 2.24) is 8.54 Å². The molecule has 0 fully saturated rings. The van der Waals surface area contributed by atoms with E-state index < -0.39 is 10.3 Å². The number of imidazole rings is 1. The second-order valence-electron chi connectivity index (χ2n) is 4.75. The molecule has 0 aliphatic rings. The fourth-order valence-corrected chi connectivity index (χ4v) is 2.76. The van der Waals surface area contributed by atoms with Crippen molar-refractivity contribution < 1.29 is 17.5 Å². The van der Waals surface area contributed by atoms with Gasteiger partial charge >= 0.3 is 10.3 Å². The molecule has 0 saturated heterocycles. The SMILES string of the molecule is Nc1cccc2c1ccn2CC[n+]1ccn(S(=O)(=O)O)c1. The quantitative estimate of drug-likeness (QED) is 0.421. The van der Waals surface area contributed by atoms with E-state index in [0.717, 1.165) is 20.6 Å². The molecule has 3 N–H and O–H groups in total.